The summed E-state index contributed by atoms with van der Waals surface area (Å²) in [5.41, 5.74) is 0.220. The van der Waals surface area contributed by atoms with Gasteiger partial charge in [0, 0.05) is 23.3 Å². The summed E-state index contributed by atoms with van der Waals surface area (Å²) in [6.07, 6.45) is -3.49. The molecule has 1 aromatic heterocycles. The number of carbonyl (C=O) groups excluding carboxylic acids is 1. The van der Waals surface area contributed by atoms with Crippen LogP contribution in [0.3, 0.4) is 0 Å². The Hall–Kier alpha value is -4.37. The van der Waals surface area contributed by atoms with Gasteiger partial charge in [0.15, 0.2) is 0 Å². The second-order valence-electron chi connectivity index (χ2n) is 9.22. The molecule has 4 aromatic rings. The van der Waals surface area contributed by atoms with Crippen LogP contribution >= 0.6 is 11.6 Å². The number of nitrogens with zero attached hydrogens (tertiary/aromatic N) is 2. The van der Waals surface area contributed by atoms with Crippen molar-refractivity contribution in [3.05, 3.63) is 124 Å². The lowest BCUT2D eigenvalue weighted by Crippen LogP contribution is -2.30. The van der Waals surface area contributed by atoms with Crippen molar-refractivity contribution in [2.75, 3.05) is 5.32 Å². The number of nitriles is 1. The second-order valence-corrected chi connectivity index (χ2v) is 11.6. The molecule has 0 aliphatic carbocycles. The Morgan fingerprint density at radius 1 is 1.02 bits per heavy atom. The first kappa shape index (κ1) is 30.6. The number of halogens is 4. The van der Waals surface area contributed by atoms with E-state index in [9.17, 15) is 31.6 Å². The fourth-order valence-corrected chi connectivity index (χ4v) is 5.39. The van der Waals surface area contributed by atoms with Crippen LogP contribution in [0.15, 0.2) is 99.8 Å². The maximum Gasteiger partial charge on any atom is 0.416 e. The molecule has 0 aliphatic rings. The number of sulfonamides is 1. The van der Waals surface area contributed by atoms with Crippen molar-refractivity contribution in [1.82, 2.24) is 4.31 Å². The van der Waals surface area contributed by atoms with E-state index >= 15 is 0 Å². The van der Waals surface area contributed by atoms with Crippen LogP contribution in [0.4, 0.5) is 18.9 Å². The largest absolute Gasteiger partial charge is 0.460 e. The Morgan fingerprint density at radius 3 is 2.36 bits per heavy atom. The third kappa shape index (κ3) is 7.67. The summed E-state index contributed by atoms with van der Waals surface area (Å²) in [6.45, 7) is 1.77. The minimum absolute atomic E-state index is 0.0277. The SMILES string of the molecule is Cc1ccc(CN(Cc2ccc(C=C(C#N)C(=O)Nc3cccc(C(F)(F)F)c3)o2)S(=O)(=O)c2ccc(Cl)cc2)cc1. The lowest BCUT2D eigenvalue weighted by molar-refractivity contribution is -0.137. The van der Waals surface area contributed by atoms with Gasteiger partial charge in [-0.1, -0.05) is 47.5 Å². The van der Waals surface area contributed by atoms with Gasteiger partial charge in [0.1, 0.15) is 23.2 Å². The van der Waals surface area contributed by atoms with Crippen molar-refractivity contribution in [1.29, 1.82) is 5.26 Å². The normalized spacial score (nSPS) is 12.3. The van der Waals surface area contributed by atoms with Crippen LogP contribution in [-0.4, -0.2) is 18.6 Å². The molecule has 42 heavy (non-hydrogen) atoms. The molecule has 0 atom stereocenters. The number of hydrogen-bond donors (Lipinski definition) is 1. The topological polar surface area (TPSA) is 103 Å². The highest BCUT2D eigenvalue weighted by atomic mass is 35.5. The Morgan fingerprint density at radius 2 is 1.71 bits per heavy atom. The number of nitrogens with one attached hydrogen (secondary N) is 1. The monoisotopic (exact) mass is 613 g/mol. The molecule has 0 unspecified atom stereocenters. The summed E-state index contributed by atoms with van der Waals surface area (Å²) in [5.74, 6) is -0.650. The van der Waals surface area contributed by atoms with Crippen LogP contribution in [0.5, 0.6) is 0 Å². The number of carbonyl (C=O) groups is 1. The van der Waals surface area contributed by atoms with Gasteiger partial charge in [0.2, 0.25) is 10.0 Å². The number of anilines is 1. The van der Waals surface area contributed by atoms with E-state index in [1.807, 2.05) is 31.2 Å². The minimum Gasteiger partial charge on any atom is -0.460 e. The van der Waals surface area contributed by atoms with E-state index in [0.29, 0.717) is 5.02 Å². The molecule has 216 valence electrons. The van der Waals surface area contributed by atoms with Crippen molar-refractivity contribution in [3.63, 3.8) is 0 Å². The molecule has 0 saturated heterocycles. The number of hydrogen-bond acceptors (Lipinski definition) is 5. The zero-order valence-corrected chi connectivity index (χ0v) is 23.6. The maximum atomic E-state index is 13.6. The quantitative estimate of drug-likeness (QED) is 0.159. The lowest BCUT2D eigenvalue weighted by Gasteiger charge is -2.21. The van der Waals surface area contributed by atoms with Crippen LogP contribution in [0, 0.1) is 18.3 Å². The standard InChI is InChI=1S/C30H23ClF3N3O4S/c1-20-5-7-21(8-6-20)18-37(42(39,40)28-13-9-24(31)10-14-28)19-27-12-11-26(41-27)15-22(17-35)29(38)36-25-4-2-3-23(16-25)30(32,33)34/h2-16H,18-19H2,1H3,(H,36,38). The Balaban J connectivity index is 1.57. The van der Waals surface area contributed by atoms with E-state index in [2.05, 4.69) is 5.32 Å². The average Bonchev–Trinajstić information content (AvgIpc) is 3.39. The van der Waals surface area contributed by atoms with Gasteiger partial charge in [0.25, 0.3) is 5.91 Å². The van der Waals surface area contributed by atoms with Gasteiger partial charge < -0.3 is 9.73 Å². The molecule has 0 spiro atoms. The van der Waals surface area contributed by atoms with Crippen molar-refractivity contribution in [3.8, 4) is 6.07 Å². The van der Waals surface area contributed by atoms with Crippen LogP contribution < -0.4 is 5.32 Å². The molecule has 0 saturated carbocycles. The van der Waals surface area contributed by atoms with Crippen molar-refractivity contribution in [2.45, 2.75) is 31.1 Å². The number of rotatable bonds is 9. The van der Waals surface area contributed by atoms with E-state index < -0.39 is 33.2 Å². The van der Waals surface area contributed by atoms with Gasteiger partial charge in [0.05, 0.1) is 17.0 Å². The summed E-state index contributed by atoms with van der Waals surface area (Å²) in [5, 5.41) is 12.2. The molecule has 3 aromatic carbocycles. The highest BCUT2D eigenvalue weighted by Crippen LogP contribution is 2.31. The van der Waals surface area contributed by atoms with Crippen molar-refractivity contribution < 1.29 is 30.8 Å². The first-order valence-corrected chi connectivity index (χ1v) is 14.2. The molecule has 0 fully saturated rings. The van der Waals surface area contributed by atoms with Gasteiger partial charge in [-0.25, -0.2) is 8.42 Å². The van der Waals surface area contributed by atoms with Crippen LogP contribution in [-0.2, 0) is 34.1 Å². The van der Waals surface area contributed by atoms with Crippen LogP contribution in [0.1, 0.15) is 28.2 Å². The molecule has 12 heteroatoms. The molecule has 1 N–H and O–H groups in total. The molecule has 1 amide bonds. The number of furan rings is 1. The highest BCUT2D eigenvalue weighted by Gasteiger charge is 2.30. The predicted octanol–water partition coefficient (Wildman–Crippen LogP) is 7.20. The molecular weight excluding hydrogens is 591 g/mol. The summed E-state index contributed by atoms with van der Waals surface area (Å²) >= 11 is 5.94. The first-order chi connectivity index (χ1) is 19.8. The Labute approximate surface area is 245 Å². The van der Waals surface area contributed by atoms with E-state index in [0.717, 1.165) is 35.4 Å². The smallest absolute Gasteiger partial charge is 0.416 e. The summed E-state index contributed by atoms with van der Waals surface area (Å²) in [6, 6.07) is 21.8. The highest BCUT2D eigenvalue weighted by molar-refractivity contribution is 7.89. The summed E-state index contributed by atoms with van der Waals surface area (Å²) in [7, 11) is -4.00. The molecule has 0 bridgehead atoms. The van der Waals surface area contributed by atoms with Gasteiger partial charge in [-0.2, -0.15) is 22.7 Å². The molecular formula is C30H23ClF3N3O4S. The van der Waals surface area contributed by atoms with Crippen molar-refractivity contribution in [2.24, 2.45) is 0 Å². The van der Waals surface area contributed by atoms with Gasteiger partial charge in [-0.15, -0.1) is 0 Å². The van der Waals surface area contributed by atoms with Crippen LogP contribution in [0.25, 0.3) is 6.08 Å². The Bertz CT molecular complexity index is 1760. The lowest BCUT2D eigenvalue weighted by atomic mass is 10.1. The number of aryl methyl sites for hydroxylation is 1. The fraction of sp³-hybridized carbons (Fsp3) is 0.133. The van der Waals surface area contributed by atoms with E-state index in [1.54, 1.807) is 6.07 Å². The molecule has 4 rings (SSSR count). The zero-order chi connectivity index (χ0) is 30.5. The van der Waals surface area contributed by atoms with E-state index in [-0.39, 0.29) is 35.2 Å². The number of amides is 1. The van der Waals surface area contributed by atoms with Gasteiger partial charge in [-0.05, 0) is 67.1 Å². The summed E-state index contributed by atoms with van der Waals surface area (Å²) in [4.78, 5) is 12.6. The third-order valence-electron chi connectivity index (χ3n) is 6.05. The Kier molecular flexibility index (Phi) is 9.21. The fourth-order valence-electron chi connectivity index (χ4n) is 3.87. The molecule has 0 aliphatic heterocycles. The van der Waals surface area contributed by atoms with E-state index in [4.69, 9.17) is 16.0 Å². The van der Waals surface area contributed by atoms with Crippen LogP contribution in [0.2, 0.25) is 5.02 Å². The zero-order valence-electron chi connectivity index (χ0n) is 22.0. The number of alkyl halides is 3. The average molecular weight is 614 g/mol. The number of benzene rings is 3. The predicted molar refractivity (Wildman–Crippen MR) is 151 cm³/mol. The van der Waals surface area contributed by atoms with Gasteiger partial charge in [-0.3, -0.25) is 4.79 Å². The second kappa shape index (κ2) is 12.7. The van der Waals surface area contributed by atoms with Crippen molar-refractivity contribution >= 4 is 39.3 Å². The molecule has 0 radical (unpaired) electrons. The summed E-state index contributed by atoms with van der Waals surface area (Å²) < 4.78 is 73.1. The molecule has 7 nitrogen and oxygen atoms in total. The third-order valence-corrected chi connectivity index (χ3v) is 8.10. The maximum absolute atomic E-state index is 13.6. The molecule has 1 heterocycles. The first-order valence-electron chi connectivity index (χ1n) is 12.4. The van der Waals surface area contributed by atoms with E-state index in [1.165, 1.54) is 46.8 Å². The minimum atomic E-state index is -4.60. The van der Waals surface area contributed by atoms with Gasteiger partial charge >= 0.3 is 6.18 Å².